The van der Waals surface area contributed by atoms with E-state index in [9.17, 15) is 13.2 Å². The zero-order valence-corrected chi connectivity index (χ0v) is 20.7. The molecular weight excluding hydrogens is 454 g/mol. The summed E-state index contributed by atoms with van der Waals surface area (Å²) in [5.74, 6) is 0.971. The van der Waals surface area contributed by atoms with Gasteiger partial charge in [-0.3, -0.25) is 4.79 Å². The standard InChI is InChI=1S/C24H29N5O4S/c1-24(2,3)23(30)28-10-7-15(8-11-28)19-20-21(33-27-19)22(26-14-25-20)29-12-9-16-13-17(34(4,31)32)5-6-18(16)29/h5-6,13-15H,7-12H2,1-4H3. The van der Waals surface area contributed by atoms with Crippen LogP contribution < -0.4 is 4.90 Å². The molecular formula is C24H29N5O4S. The Morgan fingerprint density at radius 2 is 1.85 bits per heavy atom. The van der Waals surface area contributed by atoms with Crippen LogP contribution in [-0.4, -0.2) is 60.2 Å². The Bertz CT molecular complexity index is 1370. The van der Waals surface area contributed by atoms with Crippen molar-refractivity contribution in [1.82, 2.24) is 20.0 Å². The molecule has 0 spiro atoms. The van der Waals surface area contributed by atoms with Gasteiger partial charge in [0.25, 0.3) is 0 Å². The number of rotatable bonds is 3. The molecule has 0 N–H and O–H groups in total. The Morgan fingerprint density at radius 3 is 2.53 bits per heavy atom. The van der Waals surface area contributed by atoms with Crippen molar-refractivity contribution in [3.63, 3.8) is 0 Å². The number of benzene rings is 1. The van der Waals surface area contributed by atoms with Gasteiger partial charge in [0.2, 0.25) is 11.5 Å². The minimum absolute atomic E-state index is 0.163. The number of sulfone groups is 1. The lowest BCUT2D eigenvalue weighted by atomic mass is 9.89. The molecule has 9 nitrogen and oxygen atoms in total. The highest BCUT2D eigenvalue weighted by Gasteiger charge is 2.33. The van der Waals surface area contributed by atoms with Gasteiger partial charge >= 0.3 is 0 Å². The Labute approximate surface area is 199 Å². The van der Waals surface area contributed by atoms with E-state index in [0.29, 0.717) is 47.9 Å². The van der Waals surface area contributed by atoms with Crippen LogP contribution >= 0.6 is 0 Å². The van der Waals surface area contributed by atoms with E-state index in [4.69, 9.17) is 4.52 Å². The minimum Gasteiger partial charge on any atom is -0.350 e. The number of nitrogens with zero attached hydrogens (tertiary/aromatic N) is 5. The fraction of sp³-hybridized carbons (Fsp3) is 0.500. The van der Waals surface area contributed by atoms with Crippen LogP contribution in [0.5, 0.6) is 0 Å². The van der Waals surface area contributed by atoms with Gasteiger partial charge in [0.15, 0.2) is 15.7 Å². The smallest absolute Gasteiger partial charge is 0.228 e. The lowest BCUT2D eigenvalue weighted by Gasteiger charge is -2.35. The average Bonchev–Trinajstić information content (AvgIpc) is 3.41. The predicted molar refractivity (Wildman–Crippen MR) is 128 cm³/mol. The normalized spacial score (nSPS) is 17.4. The number of amides is 1. The first-order chi connectivity index (χ1) is 16.0. The zero-order valence-electron chi connectivity index (χ0n) is 19.9. The molecule has 0 bridgehead atoms. The largest absolute Gasteiger partial charge is 0.350 e. The second-order valence-corrected chi connectivity index (χ2v) is 12.2. The lowest BCUT2D eigenvalue weighted by molar-refractivity contribution is -0.140. The monoisotopic (exact) mass is 483 g/mol. The minimum atomic E-state index is -3.27. The van der Waals surface area contributed by atoms with Crippen LogP contribution in [0.3, 0.4) is 0 Å². The van der Waals surface area contributed by atoms with Gasteiger partial charge in [-0.25, -0.2) is 18.4 Å². The first-order valence-electron chi connectivity index (χ1n) is 11.5. The molecule has 0 unspecified atom stereocenters. The van der Waals surface area contributed by atoms with Crippen LogP contribution in [0, 0.1) is 5.41 Å². The second-order valence-electron chi connectivity index (χ2n) is 10.2. The summed E-state index contributed by atoms with van der Waals surface area (Å²) in [6, 6.07) is 5.19. The molecule has 34 heavy (non-hydrogen) atoms. The van der Waals surface area contributed by atoms with Gasteiger partial charge in [-0.1, -0.05) is 25.9 Å². The van der Waals surface area contributed by atoms with E-state index in [-0.39, 0.29) is 17.2 Å². The summed E-state index contributed by atoms with van der Waals surface area (Å²) in [6.45, 7) is 7.89. The van der Waals surface area contributed by atoms with E-state index >= 15 is 0 Å². The summed E-state index contributed by atoms with van der Waals surface area (Å²) in [7, 11) is -3.27. The highest BCUT2D eigenvalue weighted by Crippen LogP contribution is 2.40. The van der Waals surface area contributed by atoms with Crippen LogP contribution in [0.25, 0.3) is 11.1 Å². The fourth-order valence-corrected chi connectivity index (χ4v) is 5.56. The van der Waals surface area contributed by atoms with E-state index in [1.807, 2.05) is 36.6 Å². The summed E-state index contributed by atoms with van der Waals surface area (Å²) in [4.78, 5) is 25.9. The molecule has 0 aliphatic carbocycles. The van der Waals surface area contributed by atoms with Crippen molar-refractivity contribution >= 4 is 38.3 Å². The van der Waals surface area contributed by atoms with Crippen molar-refractivity contribution in [1.29, 1.82) is 0 Å². The molecule has 4 heterocycles. The number of carbonyl (C=O) groups is 1. The van der Waals surface area contributed by atoms with Crippen molar-refractivity contribution in [2.24, 2.45) is 5.41 Å². The van der Waals surface area contributed by atoms with Gasteiger partial charge in [-0.2, -0.15) is 0 Å². The zero-order chi connectivity index (χ0) is 24.3. The van der Waals surface area contributed by atoms with Crippen molar-refractivity contribution < 1.29 is 17.7 Å². The fourth-order valence-electron chi connectivity index (χ4n) is 4.89. The van der Waals surface area contributed by atoms with Crippen molar-refractivity contribution in [3.05, 3.63) is 35.8 Å². The van der Waals surface area contributed by atoms with Crippen LogP contribution in [0.1, 0.15) is 50.8 Å². The summed E-state index contributed by atoms with van der Waals surface area (Å²) in [5.41, 5.74) is 3.54. The number of carbonyl (C=O) groups excluding carboxylic acids is 1. The SMILES string of the molecule is CC(C)(C)C(=O)N1CCC(c2noc3c(N4CCc5cc(S(C)(=O)=O)ccc54)ncnc23)CC1. The molecule has 1 aromatic carbocycles. The summed E-state index contributed by atoms with van der Waals surface area (Å²) in [6.07, 6.45) is 5.08. The molecule has 10 heteroatoms. The van der Waals surface area contributed by atoms with Gasteiger partial charge in [0.1, 0.15) is 17.5 Å². The average molecular weight is 484 g/mol. The molecule has 0 saturated carbocycles. The van der Waals surface area contributed by atoms with Crippen LogP contribution in [0.4, 0.5) is 11.5 Å². The maximum atomic E-state index is 12.6. The Morgan fingerprint density at radius 1 is 1.12 bits per heavy atom. The van der Waals surface area contributed by atoms with Crippen molar-refractivity contribution in [2.45, 2.75) is 50.8 Å². The predicted octanol–water partition coefficient (Wildman–Crippen LogP) is 3.47. The molecule has 3 aromatic rings. The number of aromatic nitrogens is 3. The van der Waals surface area contributed by atoms with Gasteiger partial charge in [0, 0.05) is 42.9 Å². The highest BCUT2D eigenvalue weighted by atomic mass is 32.2. The first-order valence-corrected chi connectivity index (χ1v) is 13.4. The Hall–Kier alpha value is -3.01. The van der Waals surface area contributed by atoms with Gasteiger partial charge < -0.3 is 14.3 Å². The number of hydrogen-bond acceptors (Lipinski definition) is 8. The quantitative estimate of drug-likeness (QED) is 0.557. The van der Waals surface area contributed by atoms with E-state index in [2.05, 4.69) is 15.1 Å². The molecule has 2 aliphatic rings. The maximum Gasteiger partial charge on any atom is 0.228 e. The molecule has 2 aromatic heterocycles. The molecule has 0 atom stereocenters. The Balaban J connectivity index is 1.41. The second kappa shape index (κ2) is 8.04. The third-order valence-electron chi connectivity index (χ3n) is 6.70. The summed E-state index contributed by atoms with van der Waals surface area (Å²) in [5, 5.41) is 4.39. The lowest BCUT2D eigenvalue weighted by Crippen LogP contribution is -2.43. The number of hydrogen-bond donors (Lipinski definition) is 0. The first kappa shape index (κ1) is 22.8. The molecule has 0 radical (unpaired) electrons. The van der Waals surface area contributed by atoms with Gasteiger partial charge in [-0.15, -0.1) is 0 Å². The summed E-state index contributed by atoms with van der Waals surface area (Å²) >= 11 is 0. The maximum absolute atomic E-state index is 12.6. The molecule has 2 aliphatic heterocycles. The number of likely N-dealkylation sites (tertiary alicyclic amines) is 1. The van der Waals surface area contributed by atoms with Gasteiger partial charge in [-0.05, 0) is 43.0 Å². The van der Waals surface area contributed by atoms with Crippen LogP contribution in [-0.2, 0) is 21.1 Å². The third-order valence-corrected chi connectivity index (χ3v) is 7.81. The van der Waals surface area contributed by atoms with Crippen molar-refractivity contribution in [3.8, 4) is 0 Å². The molecule has 1 amide bonds. The number of fused-ring (bicyclic) bond motifs is 2. The third kappa shape index (κ3) is 3.93. The molecule has 1 fully saturated rings. The topological polar surface area (TPSA) is 110 Å². The van der Waals surface area contributed by atoms with Gasteiger partial charge in [0.05, 0.1) is 4.90 Å². The van der Waals surface area contributed by atoms with Crippen molar-refractivity contribution in [2.75, 3.05) is 30.8 Å². The summed E-state index contributed by atoms with van der Waals surface area (Å²) < 4.78 is 29.7. The Kier molecular flexibility index (Phi) is 5.38. The molecule has 180 valence electrons. The van der Waals surface area contributed by atoms with E-state index < -0.39 is 9.84 Å². The highest BCUT2D eigenvalue weighted by molar-refractivity contribution is 7.90. The number of piperidine rings is 1. The molecule has 1 saturated heterocycles. The van der Waals surface area contributed by atoms with Crippen LogP contribution in [0.2, 0.25) is 0 Å². The molecule has 5 rings (SSSR count). The van der Waals surface area contributed by atoms with E-state index in [1.165, 1.54) is 12.6 Å². The number of anilines is 2. The van der Waals surface area contributed by atoms with Crippen LogP contribution in [0.15, 0.2) is 33.9 Å². The van der Waals surface area contributed by atoms with E-state index in [1.54, 1.807) is 12.1 Å². The van der Waals surface area contributed by atoms with E-state index in [0.717, 1.165) is 29.8 Å².